The summed E-state index contributed by atoms with van der Waals surface area (Å²) in [6.45, 7) is 1.85. The van der Waals surface area contributed by atoms with E-state index in [1.807, 2.05) is 6.92 Å². The van der Waals surface area contributed by atoms with Crippen LogP contribution in [0.1, 0.15) is 26.4 Å². The second-order valence-corrected chi connectivity index (χ2v) is 5.61. The third kappa shape index (κ3) is 2.58. The van der Waals surface area contributed by atoms with Crippen LogP contribution in [0.3, 0.4) is 0 Å². The summed E-state index contributed by atoms with van der Waals surface area (Å²) in [5, 5.41) is 2.80. The molecule has 1 amide bonds. The summed E-state index contributed by atoms with van der Waals surface area (Å²) in [6.07, 6.45) is 0. The van der Waals surface area contributed by atoms with Gasteiger partial charge in [0.15, 0.2) is 0 Å². The molecule has 7 heteroatoms. The molecule has 2 N–H and O–H groups in total. The average Bonchev–Trinajstić information content (AvgIpc) is 3.10. The molecule has 0 radical (unpaired) electrons. The van der Waals surface area contributed by atoms with Gasteiger partial charge in [-0.05, 0) is 30.7 Å². The van der Waals surface area contributed by atoms with E-state index in [1.165, 1.54) is 18.4 Å². The molecular weight excluding hydrogens is 302 g/mol. The Morgan fingerprint density at radius 1 is 1.32 bits per heavy atom. The fourth-order valence-electron chi connectivity index (χ4n) is 2.06. The van der Waals surface area contributed by atoms with Crippen LogP contribution in [0, 0.1) is 6.92 Å². The Labute approximate surface area is 130 Å². The molecule has 0 aliphatic heterocycles. The van der Waals surface area contributed by atoms with E-state index in [0.29, 0.717) is 22.6 Å². The van der Waals surface area contributed by atoms with Gasteiger partial charge in [0.2, 0.25) is 0 Å². The number of anilines is 1. The van der Waals surface area contributed by atoms with Crippen molar-refractivity contribution < 1.29 is 14.3 Å². The number of carbonyl (C=O) groups excluding carboxylic acids is 2. The van der Waals surface area contributed by atoms with Crippen molar-refractivity contribution in [3.05, 3.63) is 46.6 Å². The second kappa shape index (κ2) is 5.61. The van der Waals surface area contributed by atoms with E-state index in [-0.39, 0.29) is 5.91 Å². The minimum absolute atomic E-state index is 0.282. The molecule has 112 valence electrons. The van der Waals surface area contributed by atoms with Gasteiger partial charge in [0, 0.05) is 5.69 Å². The van der Waals surface area contributed by atoms with Crippen molar-refractivity contribution in [2.75, 3.05) is 12.4 Å². The predicted octanol–water partition coefficient (Wildman–Crippen LogP) is 2.97. The number of H-pyrrole nitrogens is 1. The van der Waals surface area contributed by atoms with Crippen molar-refractivity contribution in [1.82, 2.24) is 9.97 Å². The molecule has 0 aliphatic carbocycles. The van der Waals surface area contributed by atoms with Gasteiger partial charge in [0.1, 0.15) is 11.3 Å². The number of hydrogen-bond donors (Lipinski definition) is 2. The number of aryl methyl sites for hydroxylation is 1. The molecule has 2 heterocycles. The van der Waals surface area contributed by atoms with Crippen molar-refractivity contribution >= 4 is 39.2 Å². The lowest BCUT2D eigenvalue weighted by atomic mass is 10.1. The fourth-order valence-corrected chi connectivity index (χ4v) is 2.73. The van der Waals surface area contributed by atoms with Crippen LogP contribution >= 0.6 is 11.3 Å². The Kier molecular flexibility index (Phi) is 3.64. The Balaban J connectivity index is 1.87. The zero-order valence-corrected chi connectivity index (χ0v) is 12.8. The van der Waals surface area contributed by atoms with Crippen molar-refractivity contribution in [3.8, 4) is 0 Å². The number of rotatable bonds is 3. The molecule has 3 rings (SSSR count). The molecule has 3 aromatic rings. The van der Waals surface area contributed by atoms with E-state index < -0.39 is 5.97 Å². The van der Waals surface area contributed by atoms with E-state index in [4.69, 9.17) is 0 Å². The van der Waals surface area contributed by atoms with E-state index in [1.54, 1.807) is 29.8 Å². The van der Waals surface area contributed by atoms with Crippen LogP contribution in [0.15, 0.2) is 29.8 Å². The molecule has 22 heavy (non-hydrogen) atoms. The molecule has 6 nitrogen and oxygen atoms in total. The number of thiazole rings is 1. The van der Waals surface area contributed by atoms with Crippen molar-refractivity contribution in [1.29, 1.82) is 0 Å². The average molecular weight is 315 g/mol. The number of nitrogens with one attached hydrogen (secondary N) is 2. The molecule has 0 spiro atoms. The SMILES string of the molecule is COC(=O)c1ccc(C)c(NC(=O)c2cc3scnc3[nH]2)c1. The van der Waals surface area contributed by atoms with Gasteiger partial charge in [-0.3, -0.25) is 4.79 Å². The Bertz CT molecular complexity index is 837. The molecule has 0 saturated heterocycles. The highest BCUT2D eigenvalue weighted by Gasteiger charge is 2.14. The number of benzene rings is 1. The number of esters is 1. The van der Waals surface area contributed by atoms with Crippen molar-refractivity contribution in [3.63, 3.8) is 0 Å². The zero-order chi connectivity index (χ0) is 15.7. The van der Waals surface area contributed by atoms with Gasteiger partial charge in [-0.25, -0.2) is 9.78 Å². The molecular formula is C15H13N3O3S. The summed E-state index contributed by atoms with van der Waals surface area (Å²) >= 11 is 1.46. The van der Waals surface area contributed by atoms with Crippen LogP contribution in [0.25, 0.3) is 10.3 Å². The lowest BCUT2D eigenvalue weighted by molar-refractivity contribution is 0.0600. The monoisotopic (exact) mass is 315 g/mol. The first-order chi connectivity index (χ1) is 10.6. The third-order valence-electron chi connectivity index (χ3n) is 3.27. The highest BCUT2D eigenvalue weighted by Crippen LogP contribution is 2.21. The third-order valence-corrected chi connectivity index (χ3v) is 4.05. The van der Waals surface area contributed by atoms with Gasteiger partial charge in [0.25, 0.3) is 5.91 Å². The molecule has 0 fully saturated rings. The second-order valence-electron chi connectivity index (χ2n) is 4.72. The lowest BCUT2D eigenvalue weighted by Crippen LogP contribution is -2.14. The van der Waals surface area contributed by atoms with Gasteiger partial charge in [-0.1, -0.05) is 6.07 Å². The molecule has 0 saturated carbocycles. The maximum absolute atomic E-state index is 12.3. The Hall–Kier alpha value is -2.67. The smallest absolute Gasteiger partial charge is 0.337 e. The topological polar surface area (TPSA) is 84.1 Å². The van der Waals surface area contributed by atoms with Crippen LogP contribution in [-0.4, -0.2) is 29.0 Å². The number of ether oxygens (including phenoxy) is 1. The van der Waals surface area contributed by atoms with Gasteiger partial charge < -0.3 is 15.0 Å². The number of aromatic nitrogens is 2. The summed E-state index contributed by atoms with van der Waals surface area (Å²) in [5.74, 6) is -0.726. The Morgan fingerprint density at radius 3 is 2.86 bits per heavy atom. The van der Waals surface area contributed by atoms with Gasteiger partial charge in [-0.2, -0.15) is 0 Å². The van der Waals surface area contributed by atoms with Gasteiger partial charge >= 0.3 is 5.97 Å². The van der Waals surface area contributed by atoms with E-state index >= 15 is 0 Å². The minimum Gasteiger partial charge on any atom is -0.465 e. The predicted molar refractivity (Wildman–Crippen MR) is 84.4 cm³/mol. The number of carbonyl (C=O) groups is 2. The molecule has 0 atom stereocenters. The summed E-state index contributed by atoms with van der Waals surface area (Å²) in [6, 6.07) is 6.77. The van der Waals surface area contributed by atoms with Crippen LogP contribution in [-0.2, 0) is 4.74 Å². The van der Waals surface area contributed by atoms with Gasteiger partial charge in [0.05, 0.1) is 22.9 Å². The summed E-state index contributed by atoms with van der Waals surface area (Å²) in [5.41, 5.74) is 4.64. The van der Waals surface area contributed by atoms with Gasteiger partial charge in [-0.15, -0.1) is 11.3 Å². The standard InChI is InChI=1S/C15H13N3O3S/c1-8-3-4-9(15(20)21-2)5-10(8)18-14(19)11-6-12-13(17-11)16-7-22-12/h3-7,17H,1-2H3,(H,18,19). The van der Waals surface area contributed by atoms with Crippen LogP contribution < -0.4 is 5.32 Å². The molecule has 1 aromatic carbocycles. The van der Waals surface area contributed by atoms with Crippen LogP contribution in [0.2, 0.25) is 0 Å². The minimum atomic E-state index is -0.444. The molecule has 0 aliphatic rings. The molecule has 0 bridgehead atoms. The first-order valence-corrected chi connectivity index (χ1v) is 7.39. The largest absolute Gasteiger partial charge is 0.465 e. The fraction of sp³-hybridized carbons (Fsp3) is 0.133. The highest BCUT2D eigenvalue weighted by molar-refractivity contribution is 7.16. The number of fused-ring (bicyclic) bond motifs is 1. The maximum Gasteiger partial charge on any atom is 0.337 e. The number of methoxy groups -OCH3 is 1. The first kappa shape index (κ1) is 14.3. The van der Waals surface area contributed by atoms with Crippen LogP contribution in [0.4, 0.5) is 5.69 Å². The zero-order valence-electron chi connectivity index (χ0n) is 12.0. The Morgan fingerprint density at radius 2 is 2.14 bits per heavy atom. The molecule has 0 unspecified atom stereocenters. The highest BCUT2D eigenvalue weighted by atomic mass is 32.1. The summed E-state index contributed by atoms with van der Waals surface area (Å²) in [4.78, 5) is 30.9. The summed E-state index contributed by atoms with van der Waals surface area (Å²) < 4.78 is 5.61. The molecule has 2 aromatic heterocycles. The number of aromatic amines is 1. The van der Waals surface area contributed by atoms with E-state index in [9.17, 15) is 9.59 Å². The number of nitrogens with zero attached hydrogens (tertiary/aromatic N) is 1. The van der Waals surface area contributed by atoms with Crippen molar-refractivity contribution in [2.24, 2.45) is 0 Å². The van der Waals surface area contributed by atoms with Crippen molar-refractivity contribution in [2.45, 2.75) is 6.92 Å². The first-order valence-electron chi connectivity index (χ1n) is 6.51. The van der Waals surface area contributed by atoms with E-state index in [2.05, 4.69) is 20.0 Å². The quantitative estimate of drug-likeness (QED) is 0.728. The lowest BCUT2D eigenvalue weighted by Gasteiger charge is -2.09. The summed E-state index contributed by atoms with van der Waals surface area (Å²) in [7, 11) is 1.32. The van der Waals surface area contributed by atoms with E-state index in [0.717, 1.165) is 10.3 Å². The number of amides is 1. The van der Waals surface area contributed by atoms with Crippen LogP contribution in [0.5, 0.6) is 0 Å². The maximum atomic E-state index is 12.3. The number of hydrogen-bond acceptors (Lipinski definition) is 5. The normalized spacial score (nSPS) is 10.6.